The molecule has 6 heteroatoms. The molecule has 0 radical (unpaired) electrons. The number of aromatic hydroxyl groups is 1. The van der Waals surface area contributed by atoms with Crippen LogP contribution in [0.25, 0.3) is 5.69 Å². The number of phenolic OH excluding ortho intramolecular Hbond substituents is 1. The minimum absolute atomic E-state index is 0.0619. The van der Waals surface area contributed by atoms with E-state index in [9.17, 15) is 9.90 Å². The lowest BCUT2D eigenvalue weighted by molar-refractivity contribution is 0.0687. The largest absolute Gasteiger partial charge is 0.506 e. The van der Waals surface area contributed by atoms with Gasteiger partial charge in [-0.2, -0.15) is 0 Å². The SMILES string of the molecule is Nc1cc(C(=O)O)n(-c2ccccc2O)n1. The second-order valence-electron chi connectivity index (χ2n) is 3.16. The number of phenols is 1. The van der Waals surface area contributed by atoms with Crippen molar-refractivity contribution in [2.24, 2.45) is 0 Å². The maximum absolute atomic E-state index is 10.9. The Balaban J connectivity index is 2.64. The van der Waals surface area contributed by atoms with Gasteiger partial charge in [0.25, 0.3) is 0 Å². The van der Waals surface area contributed by atoms with E-state index in [1.54, 1.807) is 18.2 Å². The monoisotopic (exact) mass is 219 g/mol. The summed E-state index contributed by atoms with van der Waals surface area (Å²) >= 11 is 0. The third-order valence-corrected chi connectivity index (χ3v) is 2.06. The van der Waals surface area contributed by atoms with Gasteiger partial charge in [-0.1, -0.05) is 12.1 Å². The van der Waals surface area contributed by atoms with E-state index >= 15 is 0 Å². The highest BCUT2D eigenvalue weighted by atomic mass is 16.4. The van der Waals surface area contributed by atoms with Gasteiger partial charge in [0.05, 0.1) is 0 Å². The smallest absolute Gasteiger partial charge is 0.354 e. The van der Waals surface area contributed by atoms with Crippen LogP contribution in [0.3, 0.4) is 0 Å². The van der Waals surface area contributed by atoms with Crippen molar-refractivity contribution < 1.29 is 15.0 Å². The Hall–Kier alpha value is -2.50. The molecule has 82 valence electrons. The van der Waals surface area contributed by atoms with Crippen molar-refractivity contribution in [3.8, 4) is 11.4 Å². The number of rotatable bonds is 2. The van der Waals surface area contributed by atoms with Crippen LogP contribution in [0.15, 0.2) is 30.3 Å². The fourth-order valence-corrected chi connectivity index (χ4v) is 1.38. The fourth-order valence-electron chi connectivity index (χ4n) is 1.38. The van der Waals surface area contributed by atoms with Gasteiger partial charge in [-0.15, -0.1) is 5.10 Å². The van der Waals surface area contributed by atoms with Gasteiger partial charge in [0.1, 0.15) is 17.3 Å². The third kappa shape index (κ3) is 1.56. The molecule has 6 nitrogen and oxygen atoms in total. The molecule has 4 N–H and O–H groups in total. The predicted octanol–water partition coefficient (Wildman–Crippen LogP) is 0.858. The number of nitrogen functional groups attached to an aromatic ring is 1. The van der Waals surface area contributed by atoms with E-state index in [0.717, 1.165) is 4.68 Å². The molecule has 16 heavy (non-hydrogen) atoms. The molecule has 0 amide bonds. The molecule has 0 spiro atoms. The standard InChI is InChI=1S/C10H9N3O3/c11-9-5-7(10(15)16)13(12-9)6-3-1-2-4-8(6)14/h1-5,14H,(H2,11,12)(H,15,16). The second kappa shape index (κ2) is 3.58. The summed E-state index contributed by atoms with van der Waals surface area (Å²) in [7, 11) is 0. The minimum Gasteiger partial charge on any atom is -0.506 e. The van der Waals surface area contributed by atoms with Crippen molar-refractivity contribution in [2.75, 3.05) is 5.73 Å². The van der Waals surface area contributed by atoms with Crippen molar-refractivity contribution in [1.29, 1.82) is 0 Å². The van der Waals surface area contributed by atoms with Gasteiger partial charge >= 0.3 is 5.97 Å². The number of para-hydroxylation sites is 2. The number of carboxylic acid groups (broad SMARTS) is 1. The number of aromatic nitrogens is 2. The topological polar surface area (TPSA) is 101 Å². The van der Waals surface area contributed by atoms with Crippen LogP contribution >= 0.6 is 0 Å². The zero-order chi connectivity index (χ0) is 11.7. The Kier molecular flexibility index (Phi) is 2.24. The zero-order valence-electron chi connectivity index (χ0n) is 8.16. The van der Waals surface area contributed by atoms with E-state index in [0.29, 0.717) is 0 Å². The quantitative estimate of drug-likeness (QED) is 0.695. The van der Waals surface area contributed by atoms with Crippen LogP contribution in [0, 0.1) is 0 Å². The van der Waals surface area contributed by atoms with E-state index < -0.39 is 5.97 Å². The van der Waals surface area contributed by atoms with Crippen molar-refractivity contribution in [3.05, 3.63) is 36.0 Å². The first kappa shape index (κ1) is 10.0. The van der Waals surface area contributed by atoms with E-state index in [2.05, 4.69) is 5.10 Å². The molecule has 0 atom stereocenters. The summed E-state index contributed by atoms with van der Waals surface area (Å²) in [5.74, 6) is -1.14. The summed E-state index contributed by atoms with van der Waals surface area (Å²) in [5.41, 5.74) is 5.60. The van der Waals surface area contributed by atoms with Crippen LogP contribution in [-0.2, 0) is 0 Å². The average Bonchev–Trinajstić information content (AvgIpc) is 2.61. The lowest BCUT2D eigenvalue weighted by Crippen LogP contribution is -2.07. The number of aromatic carboxylic acids is 1. The average molecular weight is 219 g/mol. The molecule has 2 aromatic rings. The van der Waals surface area contributed by atoms with E-state index in [1.807, 2.05) is 0 Å². The summed E-state index contributed by atoms with van der Waals surface area (Å²) in [6.07, 6.45) is 0. The summed E-state index contributed by atoms with van der Waals surface area (Å²) in [5, 5.41) is 22.3. The second-order valence-corrected chi connectivity index (χ2v) is 3.16. The Morgan fingerprint density at radius 3 is 2.69 bits per heavy atom. The molecule has 0 saturated heterocycles. The zero-order valence-corrected chi connectivity index (χ0v) is 8.16. The third-order valence-electron chi connectivity index (χ3n) is 2.06. The molecule has 1 aromatic heterocycles. The molecule has 0 bridgehead atoms. The van der Waals surface area contributed by atoms with Gasteiger partial charge in [0.15, 0.2) is 5.69 Å². The molecule has 2 rings (SSSR count). The molecule has 0 aliphatic carbocycles. The predicted molar refractivity (Wildman–Crippen MR) is 56.6 cm³/mol. The lowest BCUT2D eigenvalue weighted by atomic mass is 10.3. The summed E-state index contributed by atoms with van der Waals surface area (Å²) in [4.78, 5) is 10.9. The Bertz CT molecular complexity index is 548. The van der Waals surface area contributed by atoms with Crippen LogP contribution < -0.4 is 5.73 Å². The van der Waals surface area contributed by atoms with Crippen LogP contribution in [0.5, 0.6) is 5.75 Å². The number of carboxylic acids is 1. The Morgan fingerprint density at radius 2 is 2.06 bits per heavy atom. The number of carbonyl (C=O) groups is 1. The first-order valence-corrected chi connectivity index (χ1v) is 4.47. The van der Waals surface area contributed by atoms with Crippen molar-refractivity contribution >= 4 is 11.8 Å². The Morgan fingerprint density at radius 1 is 1.38 bits per heavy atom. The molecule has 0 unspecified atom stereocenters. The van der Waals surface area contributed by atoms with E-state index in [1.165, 1.54) is 12.1 Å². The summed E-state index contributed by atoms with van der Waals surface area (Å²) < 4.78 is 1.09. The van der Waals surface area contributed by atoms with Crippen molar-refractivity contribution in [1.82, 2.24) is 9.78 Å². The maximum atomic E-state index is 10.9. The number of hydrogen-bond acceptors (Lipinski definition) is 4. The highest BCUT2D eigenvalue weighted by Crippen LogP contribution is 2.22. The number of hydrogen-bond donors (Lipinski definition) is 3. The lowest BCUT2D eigenvalue weighted by Gasteiger charge is -2.05. The Labute approximate surface area is 90.6 Å². The van der Waals surface area contributed by atoms with Gasteiger partial charge in [-0.3, -0.25) is 0 Å². The highest BCUT2D eigenvalue weighted by molar-refractivity contribution is 5.87. The van der Waals surface area contributed by atoms with Gasteiger partial charge in [0.2, 0.25) is 0 Å². The maximum Gasteiger partial charge on any atom is 0.354 e. The molecular weight excluding hydrogens is 210 g/mol. The number of benzene rings is 1. The van der Waals surface area contributed by atoms with E-state index in [4.69, 9.17) is 10.8 Å². The molecular formula is C10H9N3O3. The van der Waals surface area contributed by atoms with Gasteiger partial charge < -0.3 is 15.9 Å². The number of nitrogens with zero attached hydrogens (tertiary/aromatic N) is 2. The van der Waals surface area contributed by atoms with Crippen molar-refractivity contribution in [2.45, 2.75) is 0 Å². The summed E-state index contributed by atoms with van der Waals surface area (Å²) in [6, 6.07) is 7.52. The molecule has 0 aliphatic heterocycles. The molecule has 0 fully saturated rings. The van der Waals surface area contributed by atoms with Crippen LogP contribution in [0.4, 0.5) is 5.82 Å². The first-order valence-electron chi connectivity index (χ1n) is 4.47. The molecule has 1 aromatic carbocycles. The fraction of sp³-hybridized carbons (Fsp3) is 0. The normalized spacial score (nSPS) is 10.2. The van der Waals surface area contributed by atoms with Crippen LogP contribution in [-0.4, -0.2) is 26.0 Å². The molecule has 0 aliphatic rings. The van der Waals surface area contributed by atoms with Gasteiger partial charge in [0, 0.05) is 6.07 Å². The van der Waals surface area contributed by atoms with Crippen LogP contribution in [0.1, 0.15) is 10.5 Å². The van der Waals surface area contributed by atoms with Gasteiger partial charge in [-0.25, -0.2) is 9.48 Å². The highest BCUT2D eigenvalue weighted by Gasteiger charge is 2.16. The number of anilines is 1. The van der Waals surface area contributed by atoms with E-state index in [-0.39, 0.29) is 22.9 Å². The summed E-state index contributed by atoms with van der Waals surface area (Å²) in [6.45, 7) is 0. The molecule has 1 heterocycles. The number of nitrogens with two attached hydrogens (primary N) is 1. The minimum atomic E-state index is -1.16. The van der Waals surface area contributed by atoms with Crippen LogP contribution in [0.2, 0.25) is 0 Å². The van der Waals surface area contributed by atoms with Crippen molar-refractivity contribution in [3.63, 3.8) is 0 Å². The molecule has 0 saturated carbocycles. The first-order chi connectivity index (χ1) is 7.59. The van der Waals surface area contributed by atoms with Gasteiger partial charge in [-0.05, 0) is 12.1 Å².